The van der Waals surface area contributed by atoms with Crippen LogP contribution in [0.1, 0.15) is 19.4 Å². The lowest BCUT2D eigenvalue weighted by Crippen LogP contribution is -2.25. The second-order valence-electron chi connectivity index (χ2n) is 4.50. The van der Waals surface area contributed by atoms with Crippen molar-refractivity contribution in [3.8, 4) is 0 Å². The fourth-order valence-electron chi connectivity index (χ4n) is 2.26. The van der Waals surface area contributed by atoms with Gasteiger partial charge in [0.2, 0.25) is 0 Å². The van der Waals surface area contributed by atoms with Crippen molar-refractivity contribution in [2.75, 3.05) is 18.5 Å². The van der Waals surface area contributed by atoms with Gasteiger partial charge in [-0.3, -0.25) is 0 Å². The average molecular weight is 319 g/mol. The highest BCUT2D eigenvalue weighted by molar-refractivity contribution is 9.13. The Kier molecular flexibility index (Phi) is 2.43. The van der Waals surface area contributed by atoms with E-state index in [2.05, 4.69) is 69.8 Å². The highest BCUT2D eigenvalue weighted by Crippen LogP contribution is 2.46. The van der Waals surface area contributed by atoms with Crippen LogP contribution in [-0.4, -0.2) is 13.6 Å². The molecule has 1 heterocycles. The second kappa shape index (κ2) is 3.24. The van der Waals surface area contributed by atoms with E-state index in [4.69, 9.17) is 0 Å². The first-order valence-corrected chi connectivity index (χ1v) is 6.22. The molecule has 2 rings (SSSR count). The molecule has 0 fully saturated rings. The number of benzene rings is 1. The molecule has 1 aliphatic heterocycles. The molecule has 0 saturated carbocycles. The predicted molar refractivity (Wildman–Crippen MR) is 68.1 cm³/mol. The first kappa shape index (κ1) is 10.5. The number of halogens is 2. The van der Waals surface area contributed by atoms with Gasteiger partial charge in [-0.05, 0) is 49.6 Å². The molecule has 0 aromatic heterocycles. The molecule has 0 bridgehead atoms. The Morgan fingerprint density at radius 3 is 2.57 bits per heavy atom. The second-order valence-corrected chi connectivity index (χ2v) is 6.14. The van der Waals surface area contributed by atoms with E-state index < -0.39 is 0 Å². The quantitative estimate of drug-likeness (QED) is 0.700. The summed E-state index contributed by atoms with van der Waals surface area (Å²) in [6.45, 7) is 5.65. The van der Waals surface area contributed by atoms with E-state index in [9.17, 15) is 0 Å². The minimum Gasteiger partial charge on any atom is -0.373 e. The molecule has 3 heteroatoms. The number of anilines is 1. The van der Waals surface area contributed by atoms with Crippen LogP contribution in [0, 0.1) is 0 Å². The Bertz CT molecular complexity index is 385. The van der Waals surface area contributed by atoms with Crippen molar-refractivity contribution in [2.45, 2.75) is 19.3 Å². The molecule has 14 heavy (non-hydrogen) atoms. The van der Waals surface area contributed by atoms with E-state index >= 15 is 0 Å². The number of nitrogens with zero attached hydrogens (tertiary/aromatic N) is 1. The zero-order chi connectivity index (χ0) is 10.5. The lowest BCUT2D eigenvalue weighted by atomic mass is 9.87. The smallest absolute Gasteiger partial charge is 0.0414 e. The zero-order valence-corrected chi connectivity index (χ0v) is 11.7. The molecular formula is C11H13Br2N. The molecule has 0 aliphatic carbocycles. The Balaban J connectivity index is 2.70. The highest BCUT2D eigenvalue weighted by atomic mass is 79.9. The number of hydrogen-bond donors (Lipinski definition) is 0. The van der Waals surface area contributed by atoms with Gasteiger partial charge in [0.05, 0.1) is 0 Å². The molecule has 0 spiro atoms. The number of rotatable bonds is 0. The summed E-state index contributed by atoms with van der Waals surface area (Å²) in [5.41, 5.74) is 2.98. The van der Waals surface area contributed by atoms with Crippen LogP contribution in [0.3, 0.4) is 0 Å². The van der Waals surface area contributed by atoms with Gasteiger partial charge in [-0.25, -0.2) is 0 Å². The highest BCUT2D eigenvalue weighted by Gasteiger charge is 2.35. The maximum atomic E-state index is 3.66. The van der Waals surface area contributed by atoms with Crippen LogP contribution in [0.4, 0.5) is 5.69 Å². The van der Waals surface area contributed by atoms with Crippen molar-refractivity contribution in [1.82, 2.24) is 0 Å². The van der Waals surface area contributed by atoms with Crippen LogP contribution in [0.2, 0.25) is 0 Å². The molecule has 1 aromatic carbocycles. The molecule has 76 valence electrons. The van der Waals surface area contributed by atoms with Crippen molar-refractivity contribution < 1.29 is 0 Å². The fraction of sp³-hybridized carbons (Fsp3) is 0.455. The number of likely N-dealkylation sites (N-methyl/N-ethyl adjacent to an activating group) is 1. The van der Waals surface area contributed by atoms with Gasteiger partial charge in [-0.15, -0.1) is 0 Å². The van der Waals surface area contributed by atoms with Gasteiger partial charge >= 0.3 is 0 Å². The molecule has 0 N–H and O–H groups in total. The molecule has 0 unspecified atom stereocenters. The van der Waals surface area contributed by atoms with Crippen LogP contribution >= 0.6 is 31.9 Å². The molecule has 1 nitrogen and oxygen atoms in total. The average Bonchev–Trinajstić information content (AvgIpc) is 2.29. The van der Waals surface area contributed by atoms with Crippen molar-refractivity contribution in [2.24, 2.45) is 0 Å². The first-order chi connectivity index (χ1) is 6.43. The fourth-order valence-corrected chi connectivity index (χ4v) is 3.46. The number of hydrogen-bond acceptors (Lipinski definition) is 1. The monoisotopic (exact) mass is 317 g/mol. The van der Waals surface area contributed by atoms with Gasteiger partial charge in [0.25, 0.3) is 0 Å². The van der Waals surface area contributed by atoms with Gasteiger partial charge in [0, 0.05) is 33.6 Å². The molecule has 0 amide bonds. The maximum Gasteiger partial charge on any atom is 0.0414 e. The van der Waals surface area contributed by atoms with E-state index in [0.29, 0.717) is 0 Å². The summed E-state index contributed by atoms with van der Waals surface area (Å²) >= 11 is 7.22. The molecule has 0 saturated heterocycles. The van der Waals surface area contributed by atoms with Crippen LogP contribution in [0.5, 0.6) is 0 Å². The maximum absolute atomic E-state index is 3.66. The normalized spacial score (nSPS) is 18.5. The van der Waals surface area contributed by atoms with Crippen molar-refractivity contribution >= 4 is 37.5 Å². The first-order valence-electron chi connectivity index (χ1n) is 4.63. The Morgan fingerprint density at radius 2 is 1.93 bits per heavy atom. The van der Waals surface area contributed by atoms with E-state index in [0.717, 1.165) is 11.0 Å². The summed E-state index contributed by atoms with van der Waals surface area (Å²) in [5, 5.41) is 0. The zero-order valence-electron chi connectivity index (χ0n) is 8.56. The van der Waals surface area contributed by atoms with Gasteiger partial charge in [-0.1, -0.05) is 13.8 Å². The third-order valence-electron chi connectivity index (χ3n) is 2.79. The van der Waals surface area contributed by atoms with Gasteiger partial charge in [0.1, 0.15) is 0 Å². The molecule has 0 atom stereocenters. The van der Waals surface area contributed by atoms with Crippen LogP contribution in [0.25, 0.3) is 0 Å². The van der Waals surface area contributed by atoms with Gasteiger partial charge < -0.3 is 4.90 Å². The minimum atomic E-state index is 0.229. The van der Waals surface area contributed by atoms with Crippen molar-refractivity contribution in [1.29, 1.82) is 0 Å². The predicted octanol–water partition coefficient (Wildman–Crippen LogP) is 3.94. The third kappa shape index (κ3) is 1.41. The van der Waals surface area contributed by atoms with Crippen LogP contribution < -0.4 is 4.90 Å². The SMILES string of the molecule is CN1CC(C)(C)c2c1ccc(Br)c2Br. The van der Waals surface area contributed by atoms with E-state index in [1.54, 1.807) is 0 Å². The largest absolute Gasteiger partial charge is 0.373 e. The van der Waals surface area contributed by atoms with Crippen molar-refractivity contribution in [3.63, 3.8) is 0 Å². The van der Waals surface area contributed by atoms with Crippen molar-refractivity contribution in [3.05, 3.63) is 26.6 Å². The standard InChI is InChI=1S/C11H13Br2N/c1-11(2)6-14(3)8-5-4-7(12)10(13)9(8)11/h4-5H,6H2,1-3H3. The molecule has 1 aliphatic rings. The number of fused-ring (bicyclic) bond motifs is 1. The summed E-state index contributed by atoms with van der Waals surface area (Å²) in [6, 6.07) is 4.28. The van der Waals surface area contributed by atoms with E-state index in [1.165, 1.54) is 15.7 Å². The van der Waals surface area contributed by atoms with E-state index in [-0.39, 0.29) is 5.41 Å². The Morgan fingerprint density at radius 1 is 1.29 bits per heavy atom. The third-order valence-corrected chi connectivity index (χ3v) is 4.81. The topological polar surface area (TPSA) is 3.24 Å². The summed E-state index contributed by atoms with van der Waals surface area (Å²) in [7, 11) is 2.15. The van der Waals surface area contributed by atoms with Gasteiger partial charge in [-0.2, -0.15) is 0 Å². The lowest BCUT2D eigenvalue weighted by molar-refractivity contribution is 0.561. The summed E-state index contributed by atoms with van der Waals surface area (Å²) in [5.74, 6) is 0. The summed E-state index contributed by atoms with van der Waals surface area (Å²) in [6.07, 6.45) is 0. The summed E-state index contributed by atoms with van der Waals surface area (Å²) in [4.78, 5) is 2.31. The van der Waals surface area contributed by atoms with Crippen LogP contribution in [-0.2, 0) is 5.41 Å². The lowest BCUT2D eigenvalue weighted by Gasteiger charge is -2.19. The summed E-state index contributed by atoms with van der Waals surface area (Å²) < 4.78 is 2.34. The van der Waals surface area contributed by atoms with Gasteiger partial charge in [0.15, 0.2) is 0 Å². The van der Waals surface area contributed by atoms with Crippen LogP contribution in [0.15, 0.2) is 21.1 Å². The Hall–Kier alpha value is -0.0200. The van der Waals surface area contributed by atoms with E-state index in [1.807, 2.05) is 0 Å². The minimum absolute atomic E-state index is 0.229. The molecule has 1 aromatic rings. The Labute approximate surface area is 102 Å². The molecule has 0 radical (unpaired) electrons. The molecular weight excluding hydrogens is 306 g/mol.